The summed E-state index contributed by atoms with van der Waals surface area (Å²) >= 11 is 0. The van der Waals surface area contributed by atoms with Gasteiger partial charge in [-0.3, -0.25) is 9.69 Å². The summed E-state index contributed by atoms with van der Waals surface area (Å²) in [6, 6.07) is 6.60. The lowest BCUT2D eigenvalue weighted by Crippen LogP contribution is -2.33. The van der Waals surface area contributed by atoms with E-state index in [1.807, 2.05) is 4.90 Å². The van der Waals surface area contributed by atoms with Crippen LogP contribution in [0.1, 0.15) is 24.2 Å². The molecule has 6 nitrogen and oxygen atoms in total. The largest absolute Gasteiger partial charge is 0.492 e. The predicted octanol–water partition coefficient (Wildman–Crippen LogP) is 0.306. The number of rotatable bonds is 10. The van der Waals surface area contributed by atoms with Gasteiger partial charge in [0.25, 0.3) is 0 Å². The molecule has 0 fully saturated rings. The average Bonchev–Trinajstić information content (AvgIpc) is 2.47. The molecule has 3 N–H and O–H groups in total. The van der Waals surface area contributed by atoms with Gasteiger partial charge >= 0.3 is 0 Å². The van der Waals surface area contributed by atoms with Crippen molar-refractivity contribution in [2.45, 2.75) is 19.4 Å². The van der Waals surface area contributed by atoms with Crippen LogP contribution in [0.4, 0.5) is 0 Å². The second-order valence-corrected chi connectivity index (χ2v) is 5.55. The zero-order valence-electron chi connectivity index (χ0n) is 13.2. The SMILES string of the molecule is CC(C)(O)C(=O)c1ccc(OCCN(CCO)CCO)cc1. The molecule has 6 heteroatoms. The molecule has 0 aliphatic heterocycles. The maximum Gasteiger partial charge on any atom is 0.193 e. The lowest BCUT2D eigenvalue weighted by molar-refractivity contribution is 0.0488. The molecular weight excluding hydrogens is 286 g/mol. The van der Waals surface area contributed by atoms with Crippen molar-refractivity contribution in [2.75, 3.05) is 39.5 Å². The van der Waals surface area contributed by atoms with E-state index in [1.165, 1.54) is 13.8 Å². The number of aliphatic hydroxyl groups is 3. The molecule has 1 rings (SSSR count). The number of aliphatic hydroxyl groups excluding tert-OH is 2. The Labute approximate surface area is 130 Å². The van der Waals surface area contributed by atoms with Crippen molar-refractivity contribution in [3.63, 3.8) is 0 Å². The maximum absolute atomic E-state index is 11.9. The number of ketones is 1. The van der Waals surface area contributed by atoms with Crippen molar-refractivity contribution in [1.29, 1.82) is 0 Å². The molecule has 0 heterocycles. The number of carbonyl (C=O) groups is 1. The van der Waals surface area contributed by atoms with Crippen molar-refractivity contribution < 1.29 is 24.9 Å². The van der Waals surface area contributed by atoms with Crippen LogP contribution in [-0.2, 0) is 0 Å². The van der Waals surface area contributed by atoms with E-state index in [0.717, 1.165) is 0 Å². The molecule has 1 aromatic carbocycles. The Morgan fingerprint density at radius 3 is 2.09 bits per heavy atom. The minimum atomic E-state index is -1.39. The first-order valence-corrected chi connectivity index (χ1v) is 7.32. The van der Waals surface area contributed by atoms with Gasteiger partial charge in [0.1, 0.15) is 18.0 Å². The second kappa shape index (κ2) is 8.85. The summed E-state index contributed by atoms with van der Waals surface area (Å²) in [5.74, 6) is 0.288. The highest BCUT2D eigenvalue weighted by Crippen LogP contribution is 2.17. The van der Waals surface area contributed by atoms with Crippen LogP contribution in [0, 0.1) is 0 Å². The van der Waals surface area contributed by atoms with Gasteiger partial charge in [0.15, 0.2) is 5.78 Å². The summed E-state index contributed by atoms with van der Waals surface area (Å²) in [4.78, 5) is 13.8. The smallest absolute Gasteiger partial charge is 0.193 e. The molecule has 0 unspecified atom stereocenters. The Balaban J connectivity index is 2.49. The second-order valence-electron chi connectivity index (χ2n) is 5.55. The van der Waals surface area contributed by atoms with Crippen LogP contribution in [0.3, 0.4) is 0 Å². The summed E-state index contributed by atoms with van der Waals surface area (Å²) in [5.41, 5.74) is -0.959. The highest BCUT2D eigenvalue weighted by atomic mass is 16.5. The summed E-state index contributed by atoms with van der Waals surface area (Å²) in [6.45, 7) is 4.96. The topological polar surface area (TPSA) is 90.2 Å². The molecule has 0 amide bonds. The number of benzene rings is 1. The molecule has 0 aromatic heterocycles. The summed E-state index contributed by atoms with van der Waals surface area (Å²) in [6.07, 6.45) is 0. The van der Waals surface area contributed by atoms with Crippen LogP contribution in [0.25, 0.3) is 0 Å². The van der Waals surface area contributed by atoms with Crippen molar-refractivity contribution in [1.82, 2.24) is 4.90 Å². The zero-order valence-corrected chi connectivity index (χ0v) is 13.2. The normalized spacial score (nSPS) is 11.7. The number of ether oxygens (including phenoxy) is 1. The van der Waals surface area contributed by atoms with E-state index in [2.05, 4.69) is 0 Å². The Morgan fingerprint density at radius 1 is 1.09 bits per heavy atom. The number of Topliss-reactive ketones (excluding diaryl/α,β-unsaturated/α-hetero) is 1. The minimum absolute atomic E-state index is 0.0355. The molecule has 0 saturated heterocycles. The summed E-state index contributed by atoms with van der Waals surface area (Å²) < 4.78 is 5.57. The Hall–Kier alpha value is -1.47. The molecule has 0 aliphatic rings. The quantitative estimate of drug-likeness (QED) is 0.539. The predicted molar refractivity (Wildman–Crippen MR) is 83.2 cm³/mol. The fraction of sp³-hybridized carbons (Fsp3) is 0.562. The Kier molecular flexibility index (Phi) is 7.47. The first-order valence-electron chi connectivity index (χ1n) is 7.32. The van der Waals surface area contributed by atoms with E-state index >= 15 is 0 Å². The van der Waals surface area contributed by atoms with E-state index in [9.17, 15) is 9.90 Å². The lowest BCUT2D eigenvalue weighted by atomic mass is 9.97. The molecule has 0 atom stereocenters. The van der Waals surface area contributed by atoms with Crippen LogP contribution in [0.5, 0.6) is 5.75 Å². The van der Waals surface area contributed by atoms with E-state index in [0.29, 0.717) is 37.6 Å². The lowest BCUT2D eigenvalue weighted by Gasteiger charge is -2.20. The van der Waals surface area contributed by atoms with Crippen molar-refractivity contribution in [3.8, 4) is 5.75 Å². The van der Waals surface area contributed by atoms with Gasteiger partial charge < -0.3 is 20.1 Å². The highest BCUT2D eigenvalue weighted by molar-refractivity contribution is 6.01. The highest BCUT2D eigenvalue weighted by Gasteiger charge is 2.24. The van der Waals surface area contributed by atoms with Gasteiger partial charge in [0, 0.05) is 25.2 Å². The molecule has 0 spiro atoms. The third kappa shape index (κ3) is 6.11. The van der Waals surface area contributed by atoms with Crippen molar-refractivity contribution in [2.24, 2.45) is 0 Å². The van der Waals surface area contributed by atoms with Crippen LogP contribution >= 0.6 is 0 Å². The fourth-order valence-electron chi connectivity index (χ4n) is 1.97. The molecule has 124 valence electrons. The van der Waals surface area contributed by atoms with Gasteiger partial charge in [0.05, 0.1) is 13.2 Å². The van der Waals surface area contributed by atoms with E-state index < -0.39 is 5.60 Å². The Bertz CT molecular complexity index is 447. The summed E-state index contributed by atoms with van der Waals surface area (Å²) in [7, 11) is 0. The minimum Gasteiger partial charge on any atom is -0.492 e. The molecule has 0 saturated carbocycles. The number of carbonyl (C=O) groups excluding carboxylic acids is 1. The zero-order chi connectivity index (χ0) is 16.6. The van der Waals surface area contributed by atoms with Crippen molar-refractivity contribution in [3.05, 3.63) is 29.8 Å². The average molecular weight is 311 g/mol. The number of nitrogens with zero attached hydrogens (tertiary/aromatic N) is 1. The first kappa shape index (κ1) is 18.6. The van der Waals surface area contributed by atoms with Crippen LogP contribution < -0.4 is 4.74 Å². The molecule has 1 aromatic rings. The standard InChI is InChI=1S/C16H25NO5/c1-16(2,21)15(20)13-3-5-14(6-4-13)22-12-9-17(7-10-18)8-11-19/h3-6,18-19,21H,7-12H2,1-2H3. The first-order chi connectivity index (χ1) is 10.4. The number of hydrogen-bond acceptors (Lipinski definition) is 6. The Morgan fingerprint density at radius 2 is 1.64 bits per heavy atom. The monoisotopic (exact) mass is 311 g/mol. The van der Waals surface area contributed by atoms with E-state index in [-0.39, 0.29) is 19.0 Å². The van der Waals surface area contributed by atoms with E-state index in [4.69, 9.17) is 14.9 Å². The van der Waals surface area contributed by atoms with Gasteiger partial charge in [-0.25, -0.2) is 0 Å². The fourth-order valence-corrected chi connectivity index (χ4v) is 1.97. The van der Waals surface area contributed by atoms with Crippen LogP contribution in [0.2, 0.25) is 0 Å². The number of hydrogen-bond donors (Lipinski definition) is 3. The third-order valence-corrected chi connectivity index (χ3v) is 3.18. The molecule has 0 aliphatic carbocycles. The van der Waals surface area contributed by atoms with Crippen molar-refractivity contribution >= 4 is 5.78 Å². The van der Waals surface area contributed by atoms with E-state index in [1.54, 1.807) is 24.3 Å². The van der Waals surface area contributed by atoms with Gasteiger partial charge in [-0.05, 0) is 38.1 Å². The molecule has 0 radical (unpaired) electrons. The molecule has 0 bridgehead atoms. The van der Waals surface area contributed by atoms with Crippen LogP contribution in [0.15, 0.2) is 24.3 Å². The maximum atomic E-state index is 11.9. The van der Waals surface area contributed by atoms with Gasteiger partial charge in [-0.15, -0.1) is 0 Å². The third-order valence-electron chi connectivity index (χ3n) is 3.18. The van der Waals surface area contributed by atoms with Gasteiger partial charge in [-0.2, -0.15) is 0 Å². The van der Waals surface area contributed by atoms with Crippen LogP contribution in [-0.4, -0.2) is 71.1 Å². The van der Waals surface area contributed by atoms with Gasteiger partial charge in [-0.1, -0.05) is 0 Å². The molecule has 22 heavy (non-hydrogen) atoms. The van der Waals surface area contributed by atoms with Gasteiger partial charge in [0.2, 0.25) is 0 Å². The molecular formula is C16H25NO5. The summed E-state index contributed by atoms with van der Waals surface area (Å²) in [5, 5.41) is 27.5.